The van der Waals surface area contributed by atoms with Crippen molar-refractivity contribution in [3.8, 4) is 5.75 Å². The maximum atomic E-state index is 12.4. The Morgan fingerprint density at radius 2 is 1.88 bits per heavy atom. The second-order valence-electron chi connectivity index (χ2n) is 7.30. The van der Waals surface area contributed by atoms with Gasteiger partial charge in [0.2, 0.25) is 0 Å². The van der Waals surface area contributed by atoms with E-state index in [1.54, 1.807) is 6.20 Å². The Kier molecular flexibility index (Phi) is 6.26. The number of aromatic nitrogens is 1. The smallest absolute Gasteiger partial charge is 0.253 e. The first-order valence-corrected chi connectivity index (χ1v) is 9.57. The van der Waals surface area contributed by atoms with E-state index in [4.69, 9.17) is 4.74 Å². The molecule has 0 unspecified atom stereocenters. The Labute approximate surface area is 156 Å². The quantitative estimate of drug-likeness (QED) is 0.822. The minimum Gasteiger partial charge on any atom is -0.487 e. The van der Waals surface area contributed by atoms with Crippen LogP contribution in [-0.4, -0.2) is 16.9 Å². The Hall–Kier alpha value is -2.36. The first-order chi connectivity index (χ1) is 12.6. The van der Waals surface area contributed by atoms with E-state index in [0.29, 0.717) is 18.1 Å². The van der Waals surface area contributed by atoms with Gasteiger partial charge in [-0.05, 0) is 56.9 Å². The van der Waals surface area contributed by atoms with Crippen molar-refractivity contribution in [2.75, 3.05) is 0 Å². The molecular weight excluding hydrogens is 324 g/mol. The van der Waals surface area contributed by atoms with E-state index < -0.39 is 0 Å². The molecule has 1 aliphatic carbocycles. The van der Waals surface area contributed by atoms with Crippen LogP contribution in [0.15, 0.2) is 42.6 Å². The van der Waals surface area contributed by atoms with Crippen molar-refractivity contribution in [3.63, 3.8) is 0 Å². The number of aryl methyl sites for hydroxylation is 1. The van der Waals surface area contributed by atoms with Crippen molar-refractivity contribution >= 4 is 5.91 Å². The van der Waals surface area contributed by atoms with Gasteiger partial charge in [0, 0.05) is 12.2 Å². The monoisotopic (exact) mass is 352 g/mol. The number of hydrogen-bond acceptors (Lipinski definition) is 3. The molecule has 0 aliphatic heterocycles. The molecule has 4 heteroatoms. The third kappa shape index (κ3) is 5.07. The average molecular weight is 352 g/mol. The number of carbonyl (C=O) groups is 1. The first kappa shape index (κ1) is 18.4. The Bertz CT molecular complexity index is 704. The third-order valence-electron chi connectivity index (χ3n) is 5.21. The lowest BCUT2D eigenvalue weighted by atomic mass is 9.84. The average Bonchev–Trinajstić information content (AvgIpc) is 2.68. The summed E-state index contributed by atoms with van der Waals surface area (Å²) in [5.41, 5.74) is 2.61. The Morgan fingerprint density at radius 3 is 2.54 bits per heavy atom. The van der Waals surface area contributed by atoms with E-state index in [0.717, 1.165) is 11.4 Å². The van der Waals surface area contributed by atoms with Gasteiger partial charge in [-0.1, -0.05) is 37.0 Å². The highest BCUT2D eigenvalue weighted by Gasteiger charge is 2.21. The lowest BCUT2D eigenvalue weighted by Crippen LogP contribution is -2.38. The highest BCUT2D eigenvalue weighted by molar-refractivity contribution is 5.94. The van der Waals surface area contributed by atoms with E-state index in [1.807, 2.05) is 43.3 Å². The lowest BCUT2D eigenvalue weighted by Gasteiger charge is -2.28. The molecule has 1 amide bonds. The number of amides is 1. The van der Waals surface area contributed by atoms with Crippen LogP contribution in [0.2, 0.25) is 0 Å². The van der Waals surface area contributed by atoms with Crippen LogP contribution in [0.1, 0.15) is 60.6 Å². The second-order valence-corrected chi connectivity index (χ2v) is 7.30. The third-order valence-corrected chi connectivity index (χ3v) is 5.21. The van der Waals surface area contributed by atoms with Crippen molar-refractivity contribution in [2.24, 2.45) is 5.92 Å². The summed E-state index contributed by atoms with van der Waals surface area (Å²) in [6.45, 7) is 4.55. The number of hydrogen-bond donors (Lipinski definition) is 1. The molecule has 0 saturated heterocycles. The molecule has 1 heterocycles. The predicted molar refractivity (Wildman–Crippen MR) is 103 cm³/mol. The van der Waals surface area contributed by atoms with Gasteiger partial charge in [0.15, 0.2) is 0 Å². The molecule has 1 saturated carbocycles. The molecule has 138 valence electrons. The number of nitrogens with one attached hydrogen (secondary N) is 1. The van der Waals surface area contributed by atoms with E-state index >= 15 is 0 Å². The van der Waals surface area contributed by atoms with Crippen LogP contribution < -0.4 is 10.1 Å². The highest BCUT2D eigenvalue weighted by Crippen LogP contribution is 2.26. The fourth-order valence-electron chi connectivity index (χ4n) is 3.48. The van der Waals surface area contributed by atoms with Crippen LogP contribution in [0, 0.1) is 12.8 Å². The first-order valence-electron chi connectivity index (χ1n) is 9.57. The van der Waals surface area contributed by atoms with Crippen LogP contribution in [0.3, 0.4) is 0 Å². The fraction of sp³-hybridized carbons (Fsp3) is 0.455. The van der Waals surface area contributed by atoms with Crippen molar-refractivity contribution in [1.82, 2.24) is 10.3 Å². The van der Waals surface area contributed by atoms with E-state index in [9.17, 15) is 4.79 Å². The Morgan fingerprint density at radius 1 is 1.15 bits per heavy atom. The van der Waals surface area contributed by atoms with Crippen LogP contribution in [-0.2, 0) is 6.61 Å². The molecule has 4 nitrogen and oxygen atoms in total. The molecule has 2 aromatic rings. The topological polar surface area (TPSA) is 51.2 Å². The number of pyridine rings is 1. The zero-order chi connectivity index (χ0) is 18.4. The van der Waals surface area contributed by atoms with Gasteiger partial charge in [0.05, 0.1) is 11.3 Å². The summed E-state index contributed by atoms with van der Waals surface area (Å²) in [6, 6.07) is 11.8. The predicted octanol–water partition coefficient (Wildman–Crippen LogP) is 4.67. The van der Waals surface area contributed by atoms with Crippen LogP contribution in [0.5, 0.6) is 5.75 Å². The summed E-state index contributed by atoms with van der Waals surface area (Å²) in [5, 5.41) is 3.14. The van der Waals surface area contributed by atoms with Crippen molar-refractivity contribution in [2.45, 2.75) is 58.6 Å². The molecule has 1 N–H and O–H groups in total. The molecule has 0 spiro atoms. The largest absolute Gasteiger partial charge is 0.487 e. The number of carbonyl (C=O) groups excluding carboxylic acids is 1. The molecule has 1 aliphatic rings. The SMILES string of the molecule is Cc1ccc(OCc2ccc(C(=O)N[C@H](C)C3CCCCC3)cn2)cc1. The lowest BCUT2D eigenvalue weighted by molar-refractivity contribution is 0.0919. The van der Waals surface area contributed by atoms with Gasteiger partial charge in [0.25, 0.3) is 5.91 Å². The van der Waals surface area contributed by atoms with Crippen molar-refractivity contribution in [3.05, 3.63) is 59.4 Å². The van der Waals surface area contributed by atoms with Crippen molar-refractivity contribution in [1.29, 1.82) is 0 Å². The van der Waals surface area contributed by atoms with Gasteiger partial charge in [-0.2, -0.15) is 0 Å². The number of rotatable bonds is 6. The molecule has 1 fully saturated rings. The molecule has 26 heavy (non-hydrogen) atoms. The summed E-state index contributed by atoms with van der Waals surface area (Å²) >= 11 is 0. The van der Waals surface area contributed by atoms with Crippen LogP contribution >= 0.6 is 0 Å². The molecule has 1 aromatic heterocycles. The van der Waals surface area contributed by atoms with Gasteiger partial charge in [-0.25, -0.2) is 0 Å². The van der Waals surface area contributed by atoms with Gasteiger partial charge in [-0.15, -0.1) is 0 Å². The molecule has 1 aromatic carbocycles. The van der Waals surface area contributed by atoms with E-state index in [2.05, 4.69) is 17.2 Å². The van der Waals surface area contributed by atoms with Crippen LogP contribution in [0.4, 0.5) is 0 Å². The van der Waals surface area contributed by atoms with Crippen molar-refractivity contribution < 1.29 is 9.53 Å². The molecular formula is C22H28N2O2. The number of benzene rings is 1. The molecule has 1 atom stereocenters. The summed E-state index contributed by atoms with van der Waals surface area (Å²) < 4.78 is 5.73. The molecule has 3 rings (SSSR count). The Balaban J connectivity index is 1.51. The van der Waals surface area contributed by atoms with E-state index in [-0.39, 0.29) is 11.9 Å². The summed E-state index contributed by atoms with van der Waals surface area (Å²) in [4.78, 5) is 16.8. The normalized spacial score (nSPS) is 16.1. The minimum atomic E-state index is -0.0402. The second kappa shape index (κ2) is 8.84. The zero-order valence-electron chi connectivity index (χ0n) is 15.7. The van der Waals surface area contributed by atoms with Crippen LogP contribution in [0.25, 0.3) is 0 Å². The molecule has 0 bridgehead atoms. The summed E-state index contributed by atoms with van der Waals surface area (Å²) in [5.74, 6) is 1.38. The van der Waals surface area contributed by atoms with Gasteiger partial charge >= 0.3 is 0 Å². The maximum Gasteiger partial charge on any atom is 0.253 e. The minimum absolute atomic E-state index is 0.0402. The molecule has 0 radical (unpaired) electrons. The summed E-state index contributed by atoms with van der Waals surface area (Å²) in [6.07, 6.45) is 7.96. The standard InChI is InChI=1S/C22H28N2O2/c1-16-8-12-21(13-9-16)26-15-20-11-10-19(14-23-20)22(25)24-17(2)18-6-4-3-5-7-18/h8-14,17-18H,3-7,15H2,1-2H3,(H,24,25)/t17-/m1/s1. The number of nitrogens with zero attached hydrogens (tertiary/aromatic N) is 1. The zero-order valence-corrected chi connectivity index (χ0v) is 15.7. The highest BCUT2D eigenvalue weighted by atomic mass is 16.5. The maximum absolute atomic E-state index is 12.4. The fourth-order valence-corrected chi connectivity index (χ4v) is 3.48. The summed E-state index contributed by atoms with van der Waals surface area (Å²) in [7, 11) is 0. The van der Waals surface area contributed by atoms with E-state index in [1.165, 1.54) is 37.7 Å². The number of ether oxygens (including phenoxy) is 1. The van der Waals surface area contributed by atoms with Gasteiger partial charge in [0.1, 0.15) is 12.4 Å². The van der Waals surface area contributed by atoms with Gasteiger partial charge < -0.3 is 10.1 Å². The van der Waals surface area contributed by atoms with Gasteiger partial charge in [-0.3, -0.25) is 9.78 Å².